The summed E-state index contributed by atoms with van der Waals surface area (Å²) < 4.78 is 11.7. The number of ether oxygens (including phenoxy) is 1. The molecule has 0 aliphatic carbocycles. The highest BCUT2D eigenvalue weighted by atomic mass is 16.5. The van der Waals surface area contributed by atoms with E-state index in [1.54, 1.807) is 18.2 Å². The minimum atomic E-state index is -1.07. The van der Waals surface area contributed by atoms with Gasteiger partial charge in [0.05, 0.1) is 12.3 Å². The van der Waals surface area contributed by atoms with Gasteiger partial charge in [0.25, 0.3) is 0 Å². The first-order chi connectivity index (χ1) is 17.3. The van der Waals surface area contributed by atoms with Crippen LogP contribution in [0.15, 0.2) is 53.0 Å². The average molecular weight is 493 g/mol. The summed E-state index contributed by atoms with van der Waals surface area (Å²) in [6.45, 7) is 8.14. The lowest BCUT2D eigenvalue weighted by molar-refractivity contribution is -0.151. The van der Waals surface area contributed by atoms with Crippen molar-refractivity contribution in [2.45, 2.75) is 71.9 Å². The van der Waals surface area contributed by atoms with Crippen LogP contribution < -0.4 is 4.74 Å². The third-order valence-electron chi connectivity index (χ3n) is 6.21. The fraction of sp³-hybridized carbons (Fsp3) is 0.414. The number of carboxylic acids is 1. The molecule has 1 N–H and O–H groups in total. The number of oxazole rings is 1. The maximum Gasteiger partial charge on any atom is 0.331 e. The van der Waals surface area contributed by atoms with Crippen LogP contribution in [0.2, 0.25) is 0 Å². The van der Waals surface area contributed by atoms with E-state index in [1.165, 1.54) is 11.0 Å². The molecule has 2 aromatic rings. The van der Waals surface area contributed by atoms with E-state index in [0.29, 0.717) is 36.7 Å². The van der Waals surface area contributed by atoms with Crippen LogP contribution in [0.25, 0.3) is 6.08 Å². The molecule has 7 nitrogen and oxygen atoms in total. The summed E-state index contributed by atoms with van der Waals surface area (Å²) in [6, 6.07) is 4.18. The van der Waals surface area contributed by atoms with Crippen molar-refractivity contribution in [1.82, 2.24) is 9.88 Å². The van der Waals surface area contributed by atoms with Crippen molar-refractivity contribution < 1.29 is 23.8 Å². The minimum Gasteiger partial charge on any atom is -0.493 e. The number of aliphatic carboxylic acids is 1. The van der Waals surface area contributed by atoms with E-state index in [0.717, 1.165) is 36.3 Å². The van der Waals surface area contributed by atoms with Gasteiger partial charge in [-0.2, -0.15) is 0 Å². The number of carbonyl (C=O) groups excluding carboxylic acids is 1. The van der Waals surface area contributed by atoms with Gasteiger partial charge in [-0.1, -0.05) is 50.1 Å². The van der Waals surface area contributed by atoms with Gasteiger partial charge in [-0.25, -0.2) is 9.78 Å². The molecule has 1 aliphatic heterocycles. The number of aryl methyl sites for hydroxylation is 1. The molecule has 0 bridgehead atoms. The van der Waals surface area contributed by atoms with Gasteiger partial charge in [0, 0.05) is 18.5 Å². The molecule has 0 fully saturated rings. The van der Waals surface area contributed by atoms with Gasteiger partial charge in [-0.3, -0.25) is 4.79 Å². The van der Waals surface area contributed by atoms with Crippen LogP contribution in [0.5, 0.6) is 5.75 Å². The topological polar surface area (TPSA) is 92.9 Å². The third-order valence-corrected chi connectivity index (χ3v) is 6.21. The smallest absolute Gasteiger partial charge is 0.331 e. The van der Waals surface area contributed by atoms with Crippen LogP contribution in [-0.4, -0.2) is 39.5 Å². The maximum atomic E-state index is 12.8. The molecule has 36 heavy (non-hydrogen) atoms. The second-order valence-electron chi connectivity index (χ2n) is 8.98. The molecule has 2 heterocycles. The van der Waals surface area contributed by atoms with E-state index in [4.69, 9.17) is 9.15 Å². The highest BCUT2D eigenvalue weighted by molar-refractivity contribution is 5.92. The van der Waals surface area contributed by atoms with Crippen molar-refractivity contribution in [2.75, 3.05) is 6.61 Å². The number of allylic oxidation sites excluding steroid dienone is 4. The Morgan fingerprint density at radius 3 is 2.83 bits per heavy atom. The fourth-order valence-electron chi connectivity index (χ4n) is 4.38. The van der Waals surface area contributed by atoms with Crippen molar-refractivity contribution >= 4 is 18.0 Å². The van der Waals surface area contributed by atoms with Gasteiger partial charge in [-0.05, 0) is 62.9 Å². The van der Waals surface area contributed by atoms with Crippen molar-refractivity contribution in [3.8, 4) is 5.75 Å². The summed E-state index contributed by atoms with van der Waals surface area (Å²) in [5, 5.41) is 10.0. The number of nitrogens with zero attached hydrogens (tertiary/aromatic N) is 2. The molecule has 2 atom stereocenters. The predicted octanol–water partition coefficient (Wildman–Crippen LogP) is 5.84. The number of amides is 1. The normalized spacial score (nSPS) is 17.8. The largest absolute Gasteiger partial charge is 0.493 e. The number of hydrogen-bond acceptors (Lipinski definition) is 5. The molecule has 1 unspecified atom stereocenters. The van der Waals surface area contributed by atoms with E-state index >= 15 is 0 Å². The summed E-state index contributed by atoms with van der Waals surface area (Å²) in [4.78, 5) is 31.1. The van der Waals surface area contributed by atoms with E-state index in [2.05, 4.69) is 18.0 Å². The lowest BCUT2D eigenvalue weighted by Crippen LogP contribution is -2.48. The number of aromatic nitrogens is 1. The molecule has 0 spiro atoms. The average Bonchev–Trinajstić information content (AvgIpc) is 3.20. The summed E-state index contributed by atoms with van der Waals surface area (Å²) in [6.07, 6.45) is 15.0. The van der Waals surface area contributed by atoms with Crippen LogP contribution in [0.4, 0.5) is 0 Å². The Hall–Kier alpha value is -3.61. The van der Waals surface area contributed by atoms with Crippen LogP contribution in [0, 0.1) is 6.92 Å². The predicted molar refractivity (Wildman–Crippen MR) is 140 cm³/mol. The highest BCUT2D eigenvalue weighted by Crippen LogP contribution is 2.36. The Balaban J connectivity index is 1.71. The van der Waals surface area contributed by atoms with E-state index in [1.807, 2.05) is 45.1 Å². The first-order valence-electron chi connectivity index (χ1n) is 12.6. The fourth-order valence-corrected chi connectivity index (χ4v) is 4.38. The second kappa shape index (κ2) is 12.9. The first kappa shape index (κ1) is 27.0. The van der Waals surface area contributed by atoms with Gasteiger partial charge in [0.1, 0.15) is 11.5 Å². The van der Waals surface area contributed by atoms with Crippen molar-refractivity contribution in [1.29, 1.82) is 0 Å². The molecule has 0 radical (unpaired) electrons. The monoisotopic (exact) mass is 492 g/mol. The number of carboxylic acid groups (broad SMARTS) is 1. The molecular weight excluding hydrogens is 456 g/mol. The van der Waals surface area contributed by atoms with E-state index in [9.17, 15) is 14.7 Å². The Morgan fingerprint density at radius 2 is 2.11 bits per heavy atom. The van der Waals surface area contributed by atoms with Gasteiger partial charge < -0.3 is 19.2 Å². The number of hydrogen-bond donors (Lipinski definition) is 1. The van der Waals surface area contributed by atoms with Crippen LogP contribution >= 0.6 is 0 Å². The van der Waals surface area contributed by atoms with Crippen LogP contribution in [0.3, 0.4) is 0 Å². The number of benzene rings is 1. The highest BCUT2D eigenvalue weighted by Gasteiger charge is 2.39. The summed E-state index contributed by atoms with van der Waals surface area (Å²) in [5.41, 5.74) is 2.34. The van der Waals surface area contributed by atoms with Crippen molar-refractivity contribution in [3.05, 3.63) is 77.1 Å². The molecular formula is C29H36N2O5. The number of carbonyl (C=O) groups is 2. The first-order valence-corrected chi connectivity index (χ1v) is 12.6. The molecule has 3 rings (SSSR count). The molecule has 1 aromatic heterocycles. The lowest BCUT2D eigenvalue weighted by Gasteiger charge is -2.39. The van der Waals surface area contributed by atoms with E-state index in [-0.39, 0.29) is 11.9 Å². The van der Waals surface area contributed by atoms with E-state index < -0.39 is 12.0 Å². The molecule has 1 aliphatic rings. The Labute approximate surface area is 213 Å². The quantitative estimate of drug-likeness (QED) is 0.241. The Kier molecular flexibility index (Phi) is 9.68. The lowest BCUT2D eigenvalue weighted by atomic mass is 9.88. The zero-order chi connectivity index (χ0) is 26.1. The maximum absolute atomic E-state index is 12.8. The molecule has 1 amide bonds. The number of unbranched alkanes of at least 4 members (excludes halogenated alkanes) is 2. The minimum absolute atomic E-state index is 0.242. The number of fused-ring (bicyclic) bond motifs is 1. The third kappa shape index (κ3) is 6.74. The molecule has 7 heteroatoms. The second-order valence-corrected chi connectivity index (χ2v) is 8.98. The van der Waals surface area contributed by atoms with Crippen molar-refractivity contribution in [3.63, 3.8) is 0 Å². The summed E-state index contributed by atoms with van der Waals surface area (Å²) in [7, 11) is 0. The Morgan fingerprint density at radius 1 is 1.31 bits per heavy atom. The molecule has 192 valence electrons. The van der Waals surface area contributed by atoms with Gasteiger partial charge in [0.2, 0.25) is 11.8 Å². The van der Waals surface area contributed by atoms with Gasteiger partial charge in [0.15, 0.2) is 6.04 Å². The molecule has 1 aromatic carbocycles. The van der Waals surface area contributed by atoms with Gasteiger partial charge in [-0.15, -0.1) is 0 Å². The molecule has 0 saturated heterocycles. The summed E-state index contributed by atoms with van der Waals surface area (Å²) in [5.74, 6) is 0.530. The van der Waals surface area contributed by atoms with Gasteiger partial charge >= 0.3 is 5.97 Å². The SMILES string of the molecule is CC=CC=CC(=O)N1C(C(=O)O)c2cc(OCCc3nc(C=CCCCC)oc3C)ccc2C[C@@H]1C. The van der Waals surface area contributed by atoms with Crippen LogP contribution in [-0.2, 0) is 22.4 Å². The van der Waals surface area contributed by atoms with Crippen LogP contribution in [0.1, 0.15) is 74.5 Å². The standard InChI is InChI=1S/C29H36N2O5/c1-5-7-9-11-12-26-30-25(21(4)36-26)16-17-35-23-15-14-22-18-20(3)31(27(32)13-10-8-6-2)28(29(33)34)24(22)19-23/h6,8,10-15,19-20,28H,5,7,9,16-18H2,1-4H3,(H,33,34)/t20-,28?/m0/s1. The zero-order valence-corrected chi connectivity index (χ0v) is 21.6. The summed E-state index contributed by atoms with van der Waals surface area (Å²) >= 11 is 0. The Bertz CT molecular complexity index is 1140. The number of rotatable bonds is 11. The molecule has 0 saturated carbocycles. The van der Waals surface area contributed by atoms with Crippen molar-refractivity contribution in [2.24, 2.45) is 0 Å². The zero-order valence-electron chi connectivity index (χ0n) is 21.6.